The molecular formula is C22H20N4O. The van der Waals surface area contributed by atoms with Gasteiger partial charge in [0.05, 0.1) is 6.04 Å². The number of nitrogens with one attached hydrogen (secondary N) is 2. The number of anilines is 1. The van der Waals surface area contributed by atoms with Crippen LogP contribution in [-0.2, 0) is 4.79 Å². The molecule has 0 spiro atoms. The van der Waals surface area contributed by atoms with E-state index < -0.39 is 0 Å². The molecule has 5 heteroatoms. The van der Waals surface area contributed by atoms with E-state index >= 15 is 0 Å². The molecule has 2 N–H and O–H groups in total. The molecule has 2 aromatic heterocycles. The van der Waals surface area contributed by atoms with Gasteiger partial charge in [0.1, 0.15) is 11.5 Å². The summed E-state index contributed by atoms with van der Waals surface area (Å²) in [6, 6.07) is 16.9. The molecule has 5 nitrogen and oxygen atoms in total. The van der Waals surface area contributed by atoms with Crippen LogP contribution < -0.4 is 10.6 Å². The van der Waals surface area contributed by atoms with Crippen LogP contribution in [0, 0.1) is 11.8 Å². The smallest absolute Gasteiger partial charge is 0.242 e. The van der Waals surface area contributed by atoms with Gasteiger partial charge < -0.3 is 10.6 Å². The number of likely N-dealkylation sites (N-methyl/N-ethyl adjacent to an activating group) is 1. The van der Waals surface area contributed by atoms with Crippen LogP contribution in [0.1, 0.15) is 18.2 Å². The minimum Gasteiger partial charge on any atom is -0.309 e. The standard InChI is InChI=1S/C22H20N4O/c1-16(23-2)22(27)26-21-15-19(18-10-12-24-13-11-18)14-20(25-21)9-8-17-6-4-3-5-7-17/h3-7,10-16,23H,1-2H3,(H,25,26,27)/t16-/m1/s1. The number of amides is 1. The van der Waals surface area contributed by atoms with Crippen LogP contribution in [-0.4, -0.2) is 29.0 Å². The lowest BCUT2D eigenvalue weighted by atomic mass is 10.1. The van der Waals surface area contributed by atoms with Gasteiger partial charge in [-0.2, -0.15) is 0 Å². The summed E-state index contributed by atoms with van der Waals surface area (Å²) >= 11 is 0. The normalized spacial score (nSPS) is 11.2. The molecule has 3 aromatic rings. The van der Waals surface area contributed by atoms with Gasteiger partial charge in [-0.05, 0) is 67.4 Å². The number of hydrogen-bond acceptors (Lipinski definition) is 4. The summed E-state index contributed by atoms with van der Waals surface area (Å²) in [6.07, 6.45) is 3.46. The molecule has 0 aliphatic heterocycles. The van der Waals surface area contributed by atoms with E-state index in [1.807, 2.05) is 54.6 Å². The van der Waals surface area contributed by atoms with Gasteiger partial charge in [0, 0.05) is 18.0 Å². The van der Waals surface area contributed by atoms with Gasteiger partial charge >= 0.3 is 0 Å². The lowest BCUT2D eigenvalue weighted by Gasteiger charge is -2.12. The van der Waals surface area contributed by atoms with Crippen molar-refractivity contribution in [3.8, 4) is 23.0 Å². The van der Waals surface area contributed by atoms with Crippen LogP contribution in [0.3, 0.4) is 0 Å². The monoisotopic (exact) mass is 356 g/mol. The highest BCUT2D eigenvalue weighted by Crippen LogP contribution is 2.22. The Labute approximate surface area is 158 Å². The van der Waals surface area contributed by atoms with Crippen molar-refractivity contribution in [2.24, 2.45) is 0 Å². The highest BCUT2D eigenvalue weighted by Gasteiger charge is 2.12. The molecule has 0 aliphatic carbocycles. The summed E-state index contributed by atoms with van der Waals surface area (Å²) in [4.78, 5) is 20.8. The van der Waals surface area contributed by atoms with Crippen LogP contribution >= 0.6 is 0 Å². The second-order valence-electron chi connectivity index (χ2n) is 5.98. The Balaban J connectivity index is 1.98. The Morgan fingerprint density at radius 3 is 2.44 bits per heavy atom. The zero-order valence-electron chi connectivity index (χ0n) is 15.2. The highest BCUT2D eigenvalue weighted by molar-refractivity contribution is 5.94. The first-order valence-corrected chi connectivity index (χ1v) is 8.63. The van der Waals surface area contributed by atoms with E-state index in [1.165, 1.54) is 0 Å². The quantitative estimate of drug-likeness (QED) is 0.705. The number of carbonyl (C=O) groups is 1. The number of carbonyl (C=O) groups excluding carboxylic acids is 1. The maximum Gasteiger partial charge on any atom is 0.242 e. The second-order valence-corrected chi connectivity index (χ2v) is 5.98. The number of nitrogens with zero attached hydrogens (tertiary/aromatic N) is 2. The number of pyridine rings is 2. The van der Waals surface area contributed by atoms with Crippen molar-refractivity contribution in [1.82, 2.24) is 15.3 Å². The van der Waals surface area contributed by atoms with Crippen molar-refractivity contribution in [2.75, 3.05) is 12.4 Å². The zero-order valence-corrected chi connectivity index (χ0v) is 15.2. The number of rotatable bonds is 4. The van der Waals surface area contributed by atoms with Gasteiger partial charge in [-0.25, -0.2) is 4.98 Å². The van der Waals surface area contributed by atoms with Crippen LogP contribution in [0.2, 0.25) is 0 Å². The summed E-state index contributed by atoms with van der Waals surface area (Å²) in [5.74, 6) is 6.50. The Morgan fingerprint density at radius 1 is 1.00 bits per heavy atom. The average Bonchev–Trinajstić information content (AvgIpc) is 2.73. The molecule has 1 amide bonds. The maximum absolute atomic E-state index is 12.2. The SMILES string of the molecule is CN[C@H](C)C(=O)Nc1cc(-c2ccncc2)cc(C#Cc2ccccc2)n1. The number of hydrogen-bond donors (Lipinski definition) is 2. The fourth-order valence-corrected chi connectivity index (χ4v) is 2.39. The Bertz CT molecular complexity index is 975. The van der Waals surface area contributed by atoms with E-state index in [0.29, 0.717) is 11.5 Å². The van der Waals surface area contributed by atoms with Crippen LogP contribution in [0.15, 0.2) is 67.0 Å². The molecule has 3 rings (SSSR count). The van der Waals surface area contributed by atoms with Gasteiger partial charge in [-0.15, -0.1) is 0 Å². The number of benzene rings is 1. The molecular weight excluding hydrogens is 336 g/mol. The van der Waals surface area contributed by atoms with Crippen LogP contribution in [0.4, 0.5) is 5.82 Å². The van der Waals surface area contributed by atoms with E-state index in [1.54, 1.807) is 26.4 Å². The van der Waals surface area contributed by atoms with E-state index in [2.05, 4.69) is 32.4 Å². The Hall–Kier alpha value is -3.49. The maximum atomic E-state index is 12.2. The van der Waals surface area contributed by atoms with E-state index in [-0.39, 0.29) is 11.9 Å². The Kier molecular flexibility index (Phi) is 5.93. The molecule has 1 atom stereocenters. The first-order valence-electron chi connectivity index (χ1n) is 8.63. The highest BCUT2D eigenvalue weighted by atomic mass is 16.2. The van der Waals surface area contributed by atoms with Crippen LogP contribution in [0.25, 0.3) is 11.1 Å². The van der Waals surface area contributed by atoms with E-state index in [0.717, 1.165) is 16.7 Å². The summed E-state index contributed by atoms with van der Waals surface area (Å²) in [7, 11) is 1.74. The summed E-state index contributed by atoms with van der Waals surface area (Å²) < 4.78 is 0. The molecule has 1 aromatic carbocycles. The fraction of sp³-hybridized carbons (Fsp3) is 0.136. The second kappa shape index (κ2) is 8.75. The molecule has 27 heavy (non-hydrogen) atoms. The van der Waals surface area contributed by atoms with Gasteiger partial charge in [0.2, 0.25) is 5.91 Å². The molecule has 0 radical (unpaired) electrons. The zero-order chi connectivity index (χ0) is 19.1. The molecule has 0 unspecified atom stereocenters. The van der Waals surface area contributed by atoms with Gasteiger partial charge in [0.25, 0.3) is 0 Å². The summed E-state index contributed by atoms with van der Waals surface area (Å²) in [5, 5.41) is 5.76. The lowest BCUT2D eigenvalue weighted by Crippen LogP contribution is -2.35. The minimum atomic E-state index is -0.324. The molecule has 0 fully saturated rings. The van der Waals surface area contributed by atoms with E-state index in [4.69, 9.17) is 0 Å². The van der Waals surface area contributed by atoms with Crippen molar-refractivity contribution in [3.63, 3.8) is 0 Å². The third-order valence-corrected chi connectivity index (χ3v) is 4.03. The topological polar surface area (TPSA) is 66.9 Å². The summed E-state index contributed by atoms with van der Waals surface area (Å²) in [5.41, 5.74) is 3.38. The van der Waals surface area contributed by atoms with Crippen molar-refractivity contribution < 1.29 is 4.79 Å². The first kappa shape index (κ1) is 18.3. The van der Waals surface area contributed by atoms with Crippen molar-refractivity contribution in [1.29, 1.82) is 0 Å². The first-order chi connectivity index (χ1) is 13.2. The third kappa shape index (κ3) is 5.00. The molecule has 2 heterocycles. The molecule has 134 valence electrons. The average molecular weight is 356 g/mol. The van der Waals surface area contributed by atoms with Gasteiger partial charge in [0.15, 0.2) is 0 Å². The predicted molar refractivity (Wildman–Crippen MR) is 107 cm³/mol. The molecule has 0 bridgehead atoms. The lowest BCUT2D eigenvalue weighted by molar-refractivity contribution is -0.117. The predicted octanol–water partition coefficient (Wildman–Crippen LogP) is 3.09. The van der Waals surface area contributed by atoms with Gasteiger partial charge in [-0.3, -0.25) is 9.78 Å². The largest absolute Gasteiger partial charge is 0.309 e. The molecule has 0 saturated heterocycles. The third-order valence-electron chi connectivity index (χ3n) is 4.03. The summed E-state index contributed by atoms with van der Waals surface area (Å²) in [6.45, 7) is 1.79. The number of aromatic nitrogens is 2. The minimum absolute atomic E-state index is 0.154. The van der Waals surface area contributed by atoms with Crippen LogP contribution in [0.5, 0.6) is 0 Å². The molecule has 0 aliphatic rings. The van der Waals surface area contributed by atoms with Gasteiger partial charge in [-0.1, -0.05) is 24.1 Å². The fourth-order valence-electron chi connectivity index (χ4n) is 2.39. The molecule has 0 saturated carbocycles. The van der Waals surface area contributed by atoms with Crippen molar-refractivity contribution >= 4 is 11.7 Å². The van der Waals surface area contributed by atoms with E-state index in [9.17, 15) is 4.79 Å². The van der Waals surface area contributed by atoms with Crippen molar-refractivity contribution in [2.45, 2.75) is 13.0 Å². The van der Waals surface area contributed by atoms with Crippen molar-refractivity contribution in [3.05, 3.63) is 78.2 Å². The Morgan fingerprint density at radius 2 is 1.74 bits per heavy atom.